The monoisotopic (exact) mass is 177 g/mol. The molecule has 0 bridgehead atoms. The number of rotatable bonds is 0. The number of fused-ring (bicyclic) bond motifs is 1. The SMILES string of the molecule is Cc1cc2c(F)cc(C)c(C)c2[nH]1. The highest BCUT2D eigenvalue weighted by atomic mass is 19.1. The van der Waals surface area contributed by atoms with Gasteiger partial charge in [-0.25, -0.2) is 4.39 Å². The van der Waals surface area contributed by atoms with Crippen molar-refractivity contribution in [2.24, 2.45) is 0 Å². The van der Waals surface area contributed by atoms with E-state index in [0.29, 0.717) is 5.39 Å². The molecular weight excluding hydrogens is 165 g/mol. The molecule has 0 unspecified atom stereocenters. The molecule has 0 saturated carbocycles. The Morgan fingerprint density at radius 3 is 2.54 bits per heavy atom. The fourth-order valence-electron chi connectivity index (χ4n) is 1.65. The summed E-state index contributed by atoms with van der Waals surface area (Å²) in [6.07, 6.45) is 0. The van der Waals surface area contributed by atoms with Crippen LogP contribution in [0.5, 0.6) is 0 Å². The molecule has 68 valence electrons. The van der Waals surface area contributed by atoms with Gasteiger partial charge in [-0.05, 0) is 44.0 Å². The summed E-state index contributed by atoms with van der Waals surface area (Å²) in [5, 5.41) is 0.695. The molecule has 1 N–H and O–H groups in total. The number of hydrogen-bond donors (Lipinski definition) is 1. The Balaban J connectivity index is 2.95. The molecule has 0 spiro atoms. The maximum Gasteiger partial charge on any atom is 0.132 e. The number of aromatic amines is 1. The van der Waals surface area contributed by atoms with Crippen molar-refractivity contribution in [1.82, 2.24) is 4.98 Å². The van der Waals surface area contributed by atoms with Crippen molar-refractivity contribution in [3.8, 4) is 0 Å². The zero-order valence-corrected chi connectivity index (χ0v) is 8.03. The van der Waals surface area contributed by atoms with E-state index in [1.54, 1.807) is 6.07 Å². The second kappa shape index (κ2) is 2.59. The summed E-state index contributed by atoms with van der Waals surface area (Å²) in [4.78, 5) is 3.17. The number of aromatic nitrogens is 1. The van der Waals surface area contributed by atoms with E-state index < -0.39 is 0 Å². The van der Waals surface area contributed by atoms with Crippen LogP contribution in [-0.2, 0) is 0 Å². The van der Waals surface area contributed by atoms with Gasteiger partial charge < -0.3 is 4.98 Å². The maximum absolute atomic E-state index is 13.4. The predicted octanol–water partition coefficient (Wildman–Crippen LogP) is 3.23. The zero-order chi connectivity index (χ0) is 9.59. The van der Waals surface area contributed by atoms with Gasteiger partial charge in [-0.3, -0.25) is 0 Å². The molecule has 0 aliphatic heterocycles. The van der Waals surface area contributed by atoms with E-state index in [1.807, 2.05) is 26.8 Å². The van der Waals surface area contributed by atoms with Crippen molar-refractivity contribution >= 4 is 10.9 Å². The minimum absolute atomic E-state index is 0.137. The highest BCUT2D eigenvalue weighted by Crippen LogP contribution is 2.24. The molecule has 0 fully saturated rings. The number of benzene rings is 1. The lowest BCUT2D eigenvalue weighted by Gasteiger charge is -2.01. The minimum Gasteiger partial charge on any atom is -0.358 e. The molecule has 2 heteroatoms. The number of H-pyrrole nitrogens is 1. The summed E-state index contributed by atoms with van der Waals surface area (Å²) in [7, 11) is 0. The molecule has 1 heterocycles. The van der Waals surface area contributed by atoms with Crippen molar-refractivity contribution in [2.75, 3.05) is 0 Å². The van der Waals surface area contributed by atoms with Gasteiger partial charge >= 0.3 is 0 Å². The molecule has 0 aliphatic rings. The van der Waals surface area contributed by atoms with E-state index in [0.717, 1.165) is 22.3 Å². The van der Waals surface area contributed by atoms with Crippen LogP contribution in [0.3, 0.4) is 0 Å². The third-order valence-corrected chi connectivity index (χ3v) is 2.52. The van der Waals surface area contributed by atoms with Crippen LogP contribution in [0.2, 0.25) is 0 Å². The van der Waals surface area contributed by atoms with Gasteiger partial charge in [0.05, 0.1) is 5.52 Å². The molecule has 1 nitrogen and oxygen atoms in total. The van der Waals surface area contributed by atoms with Gasteiger partial charge in [-0.1, -0.05) is 0 Å². The standard InChI is InChI=1S/C11H12FN/c1-6-4-10(12)9-5-7(2)13-11(9)8(6)3/h4-5,13H,1-3H3. The first-order chi connectivity index (χ1) is 6.09. The fourth-order valence-corrected chi connectivity index (χ4v) is 1.65. The van der Waals surface area contributed by atoms with Crippen molar-refractivity contribution in [3.05, 3.63) is 34.8 Å². The molecule has 0 saturated heterocycles. The predicted molar refractivity (Wildman–Crippen MR) is 52.5 cm³/mol. The van der Waals surface area contributed by atoms with Crippen LogP contribution in [0.4, 0.5) is 4.39 Å². The minimum atomic E-state index is -0.137. The lowest BCUT2D eigenvalue weighted by atomic mass is 10.1. The average Bonchev–Trinajstić information content (AvgIpc) is 2.44. The number of halogens is 1. The van der Waals surface area contributed by atoms with Crippen LogP contribution >= 0.6 is 0 Å². The van der Waals surface area contributed by atoms with Crippen LogP contribution in [0.25, 0.3) is 10.9 Å². The second-order valence-corrected chi connectivity index (χ2v) is 3.54. The Morgan fingerprint density at radius 1 is 1.15 bits per heavy atom. The van der Waals surface area contributed by atoms with Gasteiger partial charge in [-0.15, -0.1) is 0 Å². The molecule has 2 aromatic rings. The summed E-state index contributed by atoms with van der Waals surface area (Å²) in [6.45, 7) is 5.87. The van der Waals surface area contributed by atoms with Crippen LogP contribution in [0.15, 0.2) is 12.1 Å². The van der Waals surface area contributed by atoms with E-state index in [4.69, 9.17) is 0 Å². The fraction of sp³-hybridized carbons (Fsp3) is 0.273. The highest BCUT2D eigenvalue weighted by molar-refractivity contribution is 5.85. The van der Waals surface area contributed by atoms with Gasteiger partial charge in [-0.2, -0.15) is 0 Å². The molecule has 0 aliphatic carbocycles. The Morgan fingerprint density at radius 2 is 1.85 bits per heavy atom. The molecule has 13 heavy (non-hydrogen) atoms. The molecule has 0 radical (unpaired) electrons. The van der Waals surface area contributed by atoms with Gasteiger partial charge in [0, 0.05) is 11.1 Å². The normalized spacial score (nSPS) is 11.1. The van der Waals surface area contributed by atoms with Gasteiger partial charge in [0.2, 0.25) is 0 Å². The highest BCUT2D eigenvalue weighted by Gasteiger charge is 2.08. The van der Waals surface area contributed by atoms with E-state index in [9.17, 15) is 4.39 Å². The first-order valence-electron chi connectivity index (χ1n) is 4.34. The van der Waals surface area contributed by atoms with E-state index in [2.05, 4.69) is 4.98 Å². The molecule has 0 amide bonds. The third kappa shape index (κ3) is 1.13. The number of nitrogens with one attached hydrogen (secondary N) is 1. The molecular formula is C11H12FN. The summed E-state index contributed by atoms with van der Waals surface area (Å²) < 4.78 is 13.4. The zero-order valence-electron chi connectivity index (χ0n) is 8.03. The van der Waals surface area contributed by atoms with Crippen molar-refractivity contribution in [1.29, 1.82) is 0 Å². The Hall–Kier alpha value is -1.31. The topological polar surface area (TPSA) is 15.8 Å². The van der Waals surface area contributed by atoms with Crippen molar-refractivity contribution in [3.63, 3.8) is 0 Å². The van der Waals surface area contributed by atoms with E-state index in [-0.39, 0.29) is 5.82 Å². The number of hydrogen-bond acceptors (Lipinski definition) is 0. The first-order valence-corrected chi connectivity index (χ1v) is 4.34. The average molecular weight is 177 g/mol. The summed E-state index contributed by atoms with van der Waals surface area (Å²) in [6, 6.07) is 3.43. The lowest BCUT2D eigenvalue weighted by molar-refractivity contribution is 0.638. The largest absolute Gasteiger partial charge is 0.358 e. The van der Waals surface area contributed by atoms with Gasteiger partial charge in [0.15, 0.2) is 0 Å². The van der Waals surface area contributed by atoms with Crippen LogP contribution in [0, 0.1) is 26.6 Å². The summed E-state index contributed by atoms with van der Waals surface area (Å²) in [5.74, 6) is -0.137. The molecule has 1 aromatic carbocycles. The van der Waals surface area contributed by atoms with Crippen LogP contribution < -0.4 is 0 Å². The van der Waals surface area contributed by atoms with Gasteiger partial charge in [0.1, 0.15) is 5.82 Å². The second-order valence-electron chi connectivity index (χ2n) is 3.54. The van der Waals surface area contributed by atoms with Crippen LogP contribution in [-0.4, -0.2) is 4.98 Å². The third-order valence-electron chi connectivity index (χ3n) is 2.52. The van der Waals surface area contributed by atoms with E-state index in [1.165, 1.54) is 0 Å². The van der Waals surface area contributed by atoms with Crippen LogP contribution in [0.1, 0.15) is 16.8 Å². The summed E-state index contributed by atoms with van der Waals surface area (Å²) >= 11 is 0. The maximum atomic E-state index is 13.4. The number of aryl methyl sites for hydroxylation is 3. The quantitative estimate of drug-likeness (QED) is 0.635. The van der Waals surface area contributed by atoms with E-state index >= 15 is 0 Å². The van der Waals surface area contributed by atoms with Crippen molar-refractivity contribution < 1.29 is 4.39 Å². The Labute approximate surface area is 76.6 Å². The molecule has 0 atom stereocenters. The van der Waals surface area contributed by atoms with Gasteiger partial charge in [0.25, 0.3) is 0 Å². The lowest BCUT2D eigenvalue weighted by Crippen LogP contribution is -1.86. The Kier molecular flexibility index (Phi) is 1.65. The Bertz CT molecular complexity index is 468. The van der Waals surface area contributed by atoms with Crippen molar-refractivity contribution in [2.45, 2.75) is 20.8 Å². The molecule has 1 aromatic heterocycles. The summed E-state index contributed by atoms with van der Waals surface area (Å²) in [5.41, 5.74) is 4.05. The molecule has 2 rings (SSSR count). The smallest absolute Gasteiger partial charge is 0.132 e. The first kappa shape index (κ1) is 8.30.